The molecule has 1 aliphatic carbocycles. The summed E-state index contributed by atoms with van der Waals surface area (Å²) in [5.41, 5.74) is 3.90. The molecule has 4 rings (SSSR count). The summed E-state index contributed by atoms with van der Waals surface area (Å²) in [6.45, 7) is 4.94. The quantitative estimate of drug-likeness (QED) is 0.592. The molecule has 0 aromatic heterocycles. The molecule has 1 aliphatic heterocycles. The first-order valence-corrected chi connectivity index (χ1v) is 11.8. The van der Waals surface area contributed by atoms with Gasteiger partial charge in [-0.15, -0.1) is 0 Å². The van der Waals surface area contributed by atoms with Gasteiger partial charge in [0.2, 0.25) is 0 Å². The van der Waals surface area contributed by atoms with E-state index >= 15 is 0 Å². The molecule has 0 amide bonds. The van der Waals surface area contributed by atoms with E-state index < -0.39 is 6.10 Å². The van der Waals surface area contributed by atoms with E-state index in [4.69, 9.17) is 14.2 Å². The van der Waals surface area contributed by atoms with Crippen LogP contribution in [0.3, 0.4) is 0 Å². The van der Waals surface area contributed by atoms with Gasteiger partial charge in [0, 0.05) is 32.2 Å². The lowest BCUT2D eigenvalue weighted by Crippen LogP contribution is -2.44. The monoisotopic (exact) mass is 440 g/mol. The molecule has 3 atom stereocenters. The molecule has 1 fully saturated rings. The van der Waals surface area contributed by atoms with E-state index in [2.05, 4.69) is 46.6 Å². The fraction of sp³-hybridized carbons (Fsp3) is 0.538. The average molecular weight is 441 g/mol. The van der Waals surface area contributed by atoms with Crippen molar-refractivity contribution >= 4 is 0 Å². The van der Waals surface area contributed by atoms with Gasteiger partial charge in [0.05, 0.1) is 39.1 Å². The van der Waals surface area contributed by atoms with Gasteiger partial charge in [0.1, 0.15) is 5.75 Å². The lowest BCUT2D eigenvalue weighted by atomic mass is 9.89. The molecule has 1 saturated heterocycles. The van der Waals surface area contributed by atoms with Crippen LogP contribution >= 0.6 is 0 Å². The number of hydrogen-bond acceptors (Lipinski definition) is 6. The van der Waals surface area contributed by atoms with Crippen LogP contribution in [0.25, 0.3) is 0 Å². The number of benzene rings is 2. The van der Waals surface area contributed by atoms with Crippen molar-refractivity contribution in [2.24, 2.45) is 0 Å². The number of nitrogens with zero attached hydrogens (tertiary/aromatic N) is 1. The van der Waals surface area contributed by atoms with Gasteiger partial charge >= 0.3 is 0 Å². The maximum Gasteiger partial charge on any atom is 0.118 e. The second-order valence-corrected chi connectivity index (χ2v) is 8.66. The van der Waals surface area contributed by atoms with Crippen molar-refractivity contribution < 1.29 is 19.3 Å². The summed E-state index contributed by atoms with van der Waals surface area (Å²) in [5.74, 6) is 0.860. The molecule has 0 saturated carbocycles. The first-order valence-electron chi connectivity index (χ1n) is 11.8. The summed E-state index contributed by atoms with van der Waals surface area (Å²) in [6, 6.07) is 17.0. The summed E-state index contributed by atoms with van der Waals surface area (Å²) < 4.78 is 17.0. The van der Waals surface area contributed by atoms with Gasteiger partial charge in [-0.05, 0) is 48.1 Å². The molecule has 2 aromatic carbocycles. The molecule has 2 aromatic rings. The van der Waals surface area contributed by atoms with Crippen LogP contribution in [-0.4, -0.2) is 69.2 Å². The molecule has 32 heavy (non-hydrogen) atoms. The van der Waals surface area contributed by atoms with Crippen molar-refractivity contribution in [2.75, 3.05) is 53.1 Å². The SMILES string of the molecule is COc1ccc([C@H](CNC[C@H](O)CO[C@@H]2CCCc3ccccc32)N2CCOCC2)cc1. The van der Waals surface area contributed by atoms with Gasteiger partial charge in [0.15, 0.2) is 0 Å². The maximum atomic E-state index is 10.6. The van der Waals surface area contributed by atoms with Crippen LogP contribution < -0.4 is 10.1 Å². The smallest absolute Gasteiger partial charge is 0.118 e. The van der Waals surface area contributed by atoms with Crippen molar-refractivity contribution in [1.82, 2.24) is 10.2 Å². The summed E-state index contributed by atoms with van der Waals surface area (Å²) in [5, 5.41) is 14.0. The predicted molar refractivity (Wildman–Crippen MR) is 125 cm³/mol. The Morgan fingerprint density at radius 1 is 1.09 bits per heavy atom. The third-order valence-electron chi connectivity index (χ3n) is 6.51. The molecule has 0 radical (unpaired) electrons. The lowest BCUT2D eigenvalue weighted by Gasteiger charge is -2.35. The third-order valence-corrected chi connectivity index (χ3v) is 6.51. The van der Waals surface area contributed by atoms with Crippen molar-refractivity contribution in [3.8, 4) is 5.75 Å². The number of fused-ring (bicyclic) bond motifs is 1. The van der Waals surface area contributed by atoms with Crippen LogP contribution in [0.5, 0.6) is 5.75 Å². The molecule has 6 nitrogen and oxygen atoms in total. The summed E-state index contributed by atoms with van der Waals surface area (Å²) in [4.78, 5) is 2.44. The average Bonchev–Trinajstić information content (AvgIpc) is 2.86. The zero-order valence-corrected chi connectivity index (χ0v) is 19.0. The van der Waals surface area contributed by atoms with Crippen molar-refractivity contribution in [2.45, 2.75) is 37.5 Å². The van der Waals surface area contributed by atoms with Crippen LogP contribution in [0.4, 0.5) is 0 Å². The Kier molecular flexibility index (Phi) is 8.54. The largest absolute Gasteiger partial charge is 0.497 e. The maximum absolute atomic E-state index is 10.6. The van der Waals surface area contributed by atoms with E-state index in [1.165, 1.54) is 16.7 Å². The standard InChI is InChI=1S/C26H36N2O4/c1-30-23-11-9-21(10-12-23)25(28-13-15-31-16-14-28)18-27-17-22(29)19-32-26-8-4-6-20-5-2-3-7-24(20)26/h2-3,5,7,9-12,22,25-27,29H,4,6,8,13-19H2,1H3/t22-,25-,26+/m0/s1. The van der Waals surface area contributed by atoms with Crippen LogP contribution in [0.1, 0.15) is 41.7 Å². The van der Waals surface area contributed by atoms with E-state index in [1.54, 1.807) is 7.11 Å². The Morgan fingerprint density at radius 3 is 2.66 bits per heavy atom. The van der Waals surface area contributed by atoms with Gasteiger partial charge in [-0.1, -0.05) is 36.4 Å². The van der Waals surface area contributed by atoms with E-state index in [-0.39, 0.29) is 12.1 Å². The minimum Gasteiger partial charge on any atom is -0.497 e. The molecule has 0 spiro atoms. The molecule has 2 aliphatic rings. The van der Waals surface area contributed by atoms with E-state index in [9.17, 15) is 5.11 Å². The van der Waals surface area contributed by atoms with Crippen molar-refractivity contribution in [3.05, 3.63) is 65.2 Å². The highest BCUT2D eigenvalue weighted by Gasteiger charge is 2.24. The number of aliphatic hydroxyl groups excluding tert-OH is 1. The molecular formula is C26H36N2O4. The number of methoxy groups -OCH3 is 1. The number of rotatable bonds is 10. The molecular weight excluding hydrogens is 404 g/mol. The second-order valence-electron chi connectivity index (χ2n) is 8.66. The van der Waals surface area contributed by atoms with E-state index in [0.717, 1.165) is 57.9 Å². The number of morpholine rings is 1. The first-order chi connectivity index (χ1) is 15.7. The zero-order chi connectivity index (χ0) is 22.2. The molecule has 0 bridgehead atoms. The fourth-order valence-corrected chi connectivity index (χ4v) is 4.73. The highest BCUT2D eigenvalue weighted by molar-refractivity contribution is 5.31. The predicted octanol–water partition coefficient (Wildman–Crippen LogP) is 3.11. The third kappa shape index (κ3) is 6.09. The van der Waals surface area contributed by atoms with Crippen LogP contribution in [-0.2, 0) is 15.9 Å². The first kappa shape index (κ1) is 23.2. The van der Waals surface area contributed by atoms with Crippen LogP contribution in [0.2, 0.25) is 0 Å². The number of aryl methyl sites for hydroxylation is 1. The van der Waals surface area contributed by atoms with Gasteiger partial charge < -0.3 is 24.6 Å². The van der Waals surface area contributed by atoms with Crippen molar-refractivity contribution in [1.29, 1.82) is 0 Å². The highest BCUT2D eigenvalue weighted by Crippen LogP contribution is 2.32. The summed E-state index contributed by atoms with van der Waals surface area (Å²) in [7, 11) is 1.69. The summed E-state index contributed by atoms with van der Waals surface area (Å²) in [6.07, 6.45) is 2.83. The van der Waals surface area contributed by atoms with E-state index in [0.29, 0.717) is 13.2 Å². The van der Waals surface area contributed by atoms with Gasteiger partial charge in [-0.25, -0.2) is 0 Å². The number of nitrogens with one attached hydrogen (secondary N) is 1. The van der Waals surface area contributed by atoms with E-state index in [1.807, 2.05) is 12.1 Å². The number of hydrogen-bond donors (Lipinski definition) is 2. The Bertz CT molecular complexity index is 823. The Hall–Kier alpha value is -1.96. The number of aliphatic hydroxyl groups is 1. The second kappa shape index (κ2) is 11.8. The Labute approximate surface area is 191 Å². The molecule has 0 unspecified atom stereocenters. The fourth-order valence-electron chi connectivity index (χ4n) is 4.73. The van der Waals surface area contributed by atoms with Crippen molar-refractivity contribution in [3.63, 3.8) is 0 Å². The molecule has 1 heterocycles. The molecule has 6 heteroatoms. The molecule has 174 valence electrons. The normalized spacial score (nSPS) is 21.0. The number of ether oxygens (including phenoxy) is 3. The topological polar surface area (TPSA) is 63.2 Å². The summed E-state index contributed by atoms with van der Waals surface area (Å²) >= 11 is 0. The Morgan fingerprint density at radius 2 is 1.88 bits per heavy atom. The molecule has 2 N–H and O–H groups in total. The Balaban J connectivity index is 1.28. The minimum atomic E-state index is -0.537. The highest BCUT2D eigenvalue weighted by atomic mass is 16.5. The van der Waals surface area contributed by atoms with Gasteiger partial charge in [-0.3, -0.25) is 4.90 Å². The van der Waals surface area contributed by atoms with Crippen LogP contribution in [0, 0.1) is 0 Å². The minimum absolute atomic E-state index is 0.0926. The lowest BCUT2D eigenvalue weighted by molar-refractivity contribution is -0.0180. The van der Waals surface area contributed by atoms with Crippen LogP contribution in [0.15, 0.2) is 48.5 Å². The van der Waals surface area contributed by atoms with Gasteiger partial charge in [0.25, 0.3) is 0 Å². The van der Waals surface area contributed by atoms with Gasteiger partial charge in [-0.2, -0.15) is 0 Å². The zero-order valence-electron chi connectivity index (χ0n) is 19.0.